The zero-order valence-corrected chi connectivity index (χ0v) is 17.0. The Morgan fingerprint density at radius 1 is 0.966 bits per heavy atom. The van der Waals surface area contributed by atoms with E-state index in [-0.39, 0.29) is 42.7 Å². The fraction of sp³-hybridized carbons (Fsp3) is 0.739. The van der Waals surface area contributed by atoms with E-state index in [2.05, 4.69) is 6.92 Å². The summed E-state index contributed by atoms with van der Waals surface area (Å²) in [4.78, 5) is 0. The van der Waals surface area contributed by atoms with Crippen LogP contribution in [-0.2, 0) is 11.3 Å². The first-order chi connectivity index (χ1) is 13.6. The van der Waals surface area contributed by atoms with E-state index in [1.54, 1.807) is 0 Å². The Morgan fingerprint density at radius 2 is 1.59 bits per heavy atom. The molecule has 0 heterocycles. The summed E-state index contributed by atoms with van der Waals surface area (Å²) >= 11 is 0. The van der Waals surface area contributed by atoms with Crippen LogP contribution < -0.4 is 0 Å². The molecule has 29 heavy (non-hydrogen) atoms. The Hall–Kier alpha value is -1.17. The number of ether oxygens (including phenoxy) is 1. The van der Waals surface area contributed by atoms with Crippen LogP contribution >= 0.6 is 0 Å². The van der Waals surface area contributed by atoms with Gasteiger partial charge in [-0.2, -0.15) is 0 Å². The molecule has 0 amide bonds. The first kappa shape index (κ1) is 21.1. The summed E-state index contributed by atoms with van der Waals surface area (Å²) in [5.41, 5.74) is -2.83. The normalized spacial score (nSPS) is 38.9. The quantitative estimate of drug-likeness (QED) is 0.485. The van der Waals surface area contributed by atoms with Crippen molar-refractivity contribution in [1.29, 1.82) is 0 Å². The minimum absolute atomic E-state index is 0.0679. The molecule has 4 saturated carbocycles. The van der Waals surface area contributed by atoms with Crippen LogP contribution in [0.1, 0.15) is 69.4 Å². The van der Waals surface area contributed by atoms with Gasteiger partial charge in [-0.15, -0.1) is 0 Å². The molecule has 1 aromatic carbocycles. The zero-order chi connectivity index (χ0) is 21.0. The van der Waals surface area contributed by atoms with Gasteiger partial charge in [0.05, 0.1) is 6.61 Å². The molecule has 0 radical (unpaired) electrons. The number of rotatable bonds is 4. The van der Waals surface area contributed by atoms with Crippen molar-refractivity contribution in [2.45, 2.75) is 89.5 Å². The highest BCUT2D eigenvalue weighted by Crippen LogP contribution is 2.67. The van der Waals surface area contributed by atoms with Crippen LogP contribution in [0.2, 0.25) is 0 Å². The van der Waals surface area contributed by atoms with Gasteiger partial charge in [0.25, 0.3) is 5.92 Å². The molecule has 162 valence electrons. The second kappa shape index (κ2) is 7.21. The summed E-state index contributed by atoms with van der Waals surface area (Å²) in [7, 11) is 0. The number of hydrogen-bond donors (Lipinski definition) is 0. The number of hydrogen-bond acceptors (Lipinski definition) is 1. The summed E-state index contributed by atoms with van der Waals surface area (Å²) in [5, 5.41) is 0. The van der Waals surface area contributed by atoms with E-state index in [9.17, 15) is 8.78 Å². The van der Waals surface area contributed by atoms with Gasteiger partial charge < -0.3 is 4.74 Å². The molecule has 1 unspecified atom stereocenters. The van der Waals surface area contributed by atoms with Crippen LogP contribution in [-0.4, -0.2) is 17.7 Å². The molecule has 1 atom stereocenters. The summed E-state index contributed by atoms with van der Waals surface area (Å²) in [6, 6.07) is 2.78. The van der Waals surface area contributed by atoms with Crippen LogP contribution in [0.5, 0.6) is 0 Å². The maximum absolute atomic E-state index is 15.4. The average Bonchev–Trinajstić information content (AvgIpc) is 2.71. The van der Waals surface area contributed by atoms with Gasteiger partial charge in [0.2, 0.25) is 0 Å². The third kappa shape index (κ3) is 3.12. The standard InChI is InChI=1S/C23H29F5O/c1-14-3-7-17(8-4-14)21-9-11-22(12-10-21,20(26)23(21,27)28)29-13-16-6-5-15(2)18(24)19(16)25/h5-6,14,17,20H,3-4,7-13H2,1-2H3. The maximum Gasteiger partial charge on any atom is 0.287 e. The van der Waals surface area contributed by atoms with Gasteiger partial charge in [-0.3, -0.25) is 0 Å². The van der Waals surface area contributed by atoms with Gasteiger partial charge in [0, 0.05) is 11.0 Å². The number of benzene rings is 1. The van der Waals surface area contributed by atoms with Crippen LogP contribution in [0.25, 0.3) is 0 Å². The molecule has 4 fully saturated rings. The first-order valence-corrected chi connectivity index (χ1v) is 10.7. The van der Waals surface area contributed by atoms with E-state index in [0.29, 0.717) is 5.92 Å². The summed E-state index contributed by atoms with van der Waals surface area (Å²) in [6.45, 7) is 3.17. The van der Waals surface area contributed by atoms with Crippen LogP contribution in [0.4, 0.5) is 22.0 Å². The van der Waals surface area contributed by atoms with Gasteiger partial charge in [0.1, 0.15) is 5.60 Å². The van der Waals surface area contributed by atoms with Crippen molar-refractivity contribution in [3.63, 3.8) is 0 Å². The largest absolute Gasteiger partial charge is 0.367 e. The molecule has 4 aliphatic carbocycles. The van der Waals surface area contributed by atoms with Gasteiger partial charge in [-0.05, 0) is 62.8 Å². The zero-order valence-electron chi connectivity index (χ0n) is 17.0. The molecule has 0 aliphatic heterocycles. The third-order valence-corrected chi connectivity index (χ3v) is 8.10. The maximum atomic E-state index is 15.4. The highest BCUT2D eigenvalue weighted by molar-refractivity contribution is 5.25. The summed E-state index contributed by atoms with van der Waals surface area (Å²) < 4.78 is 79.7. The van der Waals surface area contributed by atoms with Gasteiger partial charge in [0.15, 0.2) is 17.8 Å². The molecule has 1 nitrogen and oxygen atoms in total. The fourth-order valence-corrected chi connectivity index (χ4v) is 6.02. The summed E-state index contributed by atoms with van der Waals surface area (Å²) in [5.74, 6) is -5.12. The highest BCUT2D eigenvalue weighted by atomic mass is 19.3. The molecule has 0 aromatic heterocycles. The molecule has 4 aliphatic rings. The van der Waals surface area contributed by atoms with E-state index >= 15 is 13.2 Å². The number of alkyl halides is 3. The Kier molecular flexibility index (Phi) is 5.24. The number of halogens is 5. The second-order valence-corrected chi connectivity index (χ2v) is 9.62. The Bertz CT molecular complexity index is 761. The SMILES string of the molecule is Cc1ccc(COC23CCC(C4CCC(C)CC4)(CC2)C(F)(F)C3F)c(F)c1F. The summed E-state index contributed by atoms with van der Waals surface area (Å²) in [6.07, 6.45) is 1.72. The second-order valence-electron chi connectivity index (χ2n) is 9.62. The molecule has 0 N–H and O–H groups in total. The molecule has 6 heteroatoms. The van der Waals surface area contributed by atoms with E-state index < -0.39 is 41.4 Å². The Balaban J connectivity index is 1.54. The molecule has 1 aromatic rings. The van der Waals surface area contributed by atoms with E-state index in [0.717, 1.165) is 25.7 Å². The monoisotopic (exact) mass is 416 g/mol. The lowest BCUT2D eigenvalue weighted by molar-refractivity contribution is -0.318. The van der Waals surface area contributed by atoms with Crippen molar-refractivity contribution < 1.29 is 26.7 Å². The van der Waals surface area contributed by atoms with Crippen molar-refractivity contribution in [3.8, 4) is 0 Å². The highest BCUT2D eigenvalue weighted by Gasteiger charge is 2.74. The molecular weight excluding hydrogens is 387 g/mol. The van der Waals surface area contributed by atoms with Crippen molar-refractivity contribution in [1.82, 2.24) is 0 Å². The van der Waals surface area contributed by atoms with Crippen molar-refractivity contribution in [2.75, 3.05) is 0 Å². The minimum Gasteiger partial charge on any atom is -0.367 e. The molecule has 0 spiro atoms. The van der Waals surface area contributed by atoms with Crippen molar-refractivity contribution >= 4 is 0 Å². The van der Waals surface area contributed by atoms with E-state index in [1.807, 2.05) is 0 Å². The first-order valence-electron chi connectivity index (χ1n) is 10.7. The smallest absolute Gasteiger partial charge is 0.287 e. The average molecular weight is 416 g/mol. The molecule has 5 rings (SSSR count). The number of aryl methyl sites for hydroxylation is 1. The lowest BCUT2D eigenvalue weighted by Gasteiger charge is -2.61. The van der Waals surface area contributed by atoms with Crippen LogP contribution in [0.15, 0.2) is 12.1 Å². The lowest BCUT2D eigenvalue weighted by atomic mass is 9.49. The fourth-order valence-electron chi connectivity index (χ4n) is 6.02. The van der Waals surface area contributed by atoms with Gasteiger partial charge >= 0.3 is 0 Å². The van der Waals surface area contributed by atoms with E-state index in [4.69, 9.17) is 4.74 Å². The minimum atomic E-state index is -3.47. The van der Waals surface area contributed by atoms with E-state index in [1.165, 1.54) is 19.1 Å². The third-order valence-electron chi connectivity index (χ3n) is 8.10. The Morgan fingerprint density at radius 3 is 2.21 bits per heavy atom. The Labute approximate surface area is 169 Å². The van der Waals surface area contributed by atoms with Gasteiger partial charge in [-0.25, -0.2) is 22.0 Å². The topological polar surface area (TPSA) is 9.23 Å². The predicted octanol–water partition coefficient (Wildman–Crippen LogP) is 6.90. The predicted molar refractivity (Wildman–Crippen MR) is 100 cm³/mol. The van der Waals surface area contributed by atoms with Crippen molar-refractivity contribution in [3.05, 3.63) is 34.9 Å². The van der Waals surface area contributed by atoms with Crippen molar-refractivity contribution in [2.24, 2.45) is 17.3 Å². The molecule has 2 bridgehead atoms. The molecule has 0 saturated heterocycles. The van der Waals surface area contributed by atoms with Gasteiger partial charge in [-0.1, -0.05) is 31.9 Å². The van der Waals surface area contributed by atoms with Crippen LogP contribution in [0, 0.1) is 35.8 Å². The number of fused-ring (bicyclic) bond motifs is 3. The van der Waals surface area contributed by atoms with Crippen LogP contribution in [0.3, 0.4) is 0 Å². The molecular formula is C23H29F5O. The lowest BCUT2D eigenvalue weighted by Crippen LogP contribution is -2.69.